The standard InChI is InChI=1S/C21H31NO2.C15H22N2.CHBIO.HI/c1-21(2,3)24-20(23)13-15-9-11-17(12-10-15)22-19-14-18(19)16-7-5-4-6-8-16;16-12-6-8-13(9-7-12)17-15-10-14(15)11-4-2-1-3-5-11;3-1-2-4;/h4-8,15,17-19,22H,9-14H2,1-3H3;1-5,12-15,17H,6-10,16H2;1H;1H/q;;-1;/t15?,17?,18-,19+;12?,13?,14-,15+;;/m00../s1. The zero-order chi connectivity index (χ0) is 32.2. The van der Waals surface area contributed by atoms with E-state index in [-0.39, 0.29) is 35.5 Å². The van der Waals surface area contributed by atoms with Crippen molar-refractivity contribution in [2.24, 2.45) is 11.7 Å². The van der Waals surface area contributed by atoms with Crippen LogP contribution in [0.3, 0.4) is 0 Å². The third-order valence-corrected chi connectivity index (χ3v) is 9.77. The number of ether oxygens (including phenoxy) is 1. The van der Waals surface area contributed by atoms with Crippen molar-refractivity contribution in [3.8, 4) is 0 Å². The first-order chi connectivity index (χ1) is 21.6. The van der Waals surface area contributed by atoms with Crippen molar-refractivity contribution in [1.82, 2.24) is 10.6 Å². The summed E-state index contributed by atoms with van der Waals surface area (Å²) in [6.45, 7) is 5.81. The number of carbonyl (C=O) groups excluding carboxylic acids is 1. The Morgan fingerprint density at radius 3 is 1.63 bits per heavy atom. The molecule has 4 aliphatic carbocycles. The first-order valence-electron chi connectivity index (χ1n) is 17.1. The molecule has 0 bridgehead atoms. The summed E-state index contributed by atoms with van der Waals surface area (Å²) < 4.78 is 16.0. The van der Waals surface area contributed by atoms with E-state index in [1.54, 1.807) is 0 Å². The first-order valence-corrected chi connectivity index (χ1v) is 18.4. The number of hydrogen-bond acceptors (Lipinski definition) is 6. The van der Waals surface area contributed by atoms with Crippen molar-refractivity contribution in [2.45, 2.75) is 139 Å². The predicted octanol–water partition coefficient (Wildman–Crippen LogP) is 8.03. The van der Waals surface area contributed by atoms with Crippen LogP contribution in [0.15, 0.2) is 60.7 Å². The molecule has 0 heterocycles. The van der Waals surface area contributed by atoms with Gasteiger partial charge >= 0.3 is 44.7 Å². The second kappa shape index (κ2) is 19.9. The summed E-state index contributed by atoms with van der Waals surface area (Å²) >= 11 is 1.86. The molecule has 4 atom stereocenters. The molecule has 4 saturated carbocycles. The quantitative estimate of drug-likeness (QED) is 0.103. The van der Waals surface area contributed by atoms with E-state index in [2.05, 4.69) is 71.3 Å². The van der Waals surface area contributed by atoms with Gasteiger partial charge in [0.15, 0.2) is 0 Å². The van der Waals surface area contributed by atoms with E-state index < -0.39 is 0 Å². The molecule has 4 fully saturated rings. The van der Waals surface area contributed by atoms with E-state index in [0.717, 1.165) is 32.0 Å². The van der Waals surface area contributed by atoms with E-state index in [1.807, 2.05) is 43.4 Å². The van der Waals surface area contributed by atoms with E-state index in [9.17, 15) is 4.79 Å². The van der Waals surface area contributed by atoms with Gasteiger partial charge in [0.25, 0.3) is 0 Å². The Balaban J connectivity index is 0.000000229. The molecule has 0 amide bonds. The molecule has 0 saturated heterocycles. The summed E-state index contributed by atoms with van der Waals surface area (Å²) in [5, 5.41) is 7.64. The van der Waals surface area contributed by atoms with E-state index >= 15 is 0 Å². The van der Waals surface area contributed by atoms with Gasteiger partial charge in [-0.05, 0) is 102 Å². The summed E-state index contributed by atoms with van der Waals surface area (Å²) in [4.78, 5) is 12.0. The molecular formula is C37H55BI2N3O3-. The summed E-state index contributed by atoms with van der Waals surface area (Å²) in [7, 11) is 0.737. The topological polar surface area (TPSA) is 93.4 Å². The third-order valence-electron chi connectivity index (χ3n) is 9.48. The molecule has 4 aliphatic rings. The van der Waals surface area contributed by atoms with Gasteiger partial charge in [-0.2, -0.15) is 0 Å². The maximum absolute atomic E-state index is 12.0. The molecule has 9 heteroatoms. The fourth-order valence-corrected chi connectivity index (χ4v) is 6.94. The minimum absolute atomic E-state index is 0. The van der Waals surface area contributed by atoms with Crippen molar-refractivity contribution in [1.29, 1.82) is 0 Å². The Morgan fingerprint density at radius 1 is 0.826 bits per heavy atom. The fourth-order valence-electron chi connectivity index (χ4n) is 6.94. The van der Waals surface area contributed by atoms with Gasteiger partial charge in [-0.1, -0.05) is 60.7 Å². The predicted molar refractivity (Wildman–Crippen MR) is 208 cm³/mol. The van der Waals surface area contributed by atoms with Crippen molar-refractivity contribution < 1.29 is 14.2 Å². The molecule has 6 rings (SSSR count). The molecule has 6 nitrogen and oxygen atoms in total. The average Bonchev–Trinajstić information content (AvgIpc) is 3.97. The molecule has 2 aromatic carbocycles. The molecule has 0 aliphatic heterocycles. The fraction of sp³-hybridized carbons (Fsp3) is 0.622. The number of benzene rings is 2. The second-order valence-electron chi connectivity index (χ2n) is 14.4. The number of halogens is 2. The van der Waals surface area contributed by atoms with E-state index in [4.69, 9.17) is 15.2 Å². The van der Waals surface area contributed by atoms with Gasteiger partial charge in [-0.3, -0.25) is 4.79 Å². The molecule has 0 aromatic heterocycles. The van der Waals surface area contributed by atoms with Crippen molar-refractivity contribution >= 4 is 59.7 Å². The van der Waals surface area contributed by atoms with Crippen molar-refractivity contribution in [3.63, 3.8) is 0 Å². The van der Waals surface area contributed by atoms with Crippen LogP contribution >= 0.6 is 46.6 Å². The summed E-state index contributed by atoms with van der Waals surface area (Å²) in [5.74, 6) is 1.92. The average molecular weight is 854 g/mol. The number of carbonyl (C=O) groups is 1. The van der Waals surface area contributed by atoms with Gasteiger partial charge in [0, 0.05) is 48.5 Å². The molecule has 0 radical (unpaired) electrons. The number of hydrogen-bond donors (Lipinski definition) is 3. The Hall–Kier alpha value is -1.02. The number of esters is 1. The van der Waals surface area contributed by atoms with Gasteiger partial charge in [0.1, 0.15) is 5.60 Å². The molecule has 254 valence electrons. The molecule has 46 heavy (non-hydrogen) atoms. The second-order valence-corrected chi connectivity index (χ2v) is 15.2. The summed E-state index contributed by atoms with van der Waals surface area (Å²) in [6, 6.07) is 24.9. The monoisotopic (exact) mass is 854 g/mol. The molecule has 0 spiro atoms. The number of nitrogens with one attached hydrogen (secondary N) is 2. The zero-order valence-corrected chi connectivity index (χ0v) is 32.4. The first kappa shape index (κ1) is 39.4. The van der Waals surface area contributed by atoms with Crippen LogP contribution in [0.5, 0.6) is 0 Å². The van der Waals surface area contributed by atoms with E-state index in [0.29, 0.717) is 42.4 Å². The van der Waals surface area contributed by atoms with Crippen molar-refractivity contribution in [2.75, 3.05) is 0 Å². The van der Waals surface area contributed by atoms with E-state index in [1.165, 1.54) is 66.8 Å². The molecule has 2 aromatic rings. The SMILES string of the molecule is CC(C)(C)OC(=O)CC1CCC(N[C@@H]2C[C@H]2c2ccccc2)CC1.I.NC1CCC(N[C@@H]2C[C@H]2c2ccccc2)CC1.O=B[CH-]I. The Labute approximate surface area is 309 Å². The van der Waals surface area contributed by atoms with Crippen LogP contribution in [-0.2, 0) is 14.2 Å². The van der Waals surface area contributed by atoms with Crippen LogP contribution in [0.1, 0.15) is 114 Å². The number of rotatable bonds is 9. The number of nitrogens with two attached hydrogens (primary N) is 1. The van der Waals surface area contributed by atoms with Gasteiger partial charge in [0.2, 0.25) is 0 Å². The van der Waals surface area contributed by atoms with Gasteiger partial charge in [-0.25, -0.2) is 0 Å². The third kappa shape index (κ3) is 14.2. The maximum atomic E-state index is 12.0. The van der Waals surface area contributed by atoms with Gasteiger partial charge < -0.3 is 21.1 Å². The normalized spacial score (nSPS) is 29.6. The molecule has 4 N–H and O–H groups in total. The molecule has 0 unspecified atom stereocenters. The van der Waals surface area contributed by atoms with Crippen LogP contribution in [0, 0.1) is 10.2 Å². The van der Waals surface area contributed by atoms with Crippen LogP contribution < -0.4 is 16.4 Å². The van der Waals surface area contributed by atoms with Gasteiger partial charge in [-0.15, -0.1) is 24.0 Å². The van der Waals surface area contributed by atoms with Crippen molar-refractivity contribution in [3.05, 3.63) is 76.1 Å². The Morgan fingerprint density at radius 2 is 1.24 bits per heavy atom. The van der Waals surface area contributed by atoms with Crippen LogP contribution in [0.25, 0.3) is 0 Å². The molecular weight excluding hydrogens is 799 g/mol. The van der Waals surface area contributed by atoms with Crippen LogP contribution in [0.4, 0.5) is 0 Å². The summed E-state index contributed by atoms with van der Waals surface area (Å²) in [5.41, 5.74) is 8.53. The van der Waals surface area contributed by atoms with Crippen LogP contribution in [0.2, 0.25) is 0 Å². The summed E-state index contributed by atoms with van der Waals surface area (Å²) in [6.07, 6.45) is 12.7. The Kier molecular flexibility index (Phi) is 17.0. The minimum atomic E-state index is -0.367. The van der Waals surface area contributed by atoms with Crippen LogP contribution in [-0.4, -0.2) is 48.9 Å². The zero-order valence-electron chi connectivity index (χ0n) is 27.9. The Bertz CT molecular complexity index is 1150. The van der Waals surface area contributed by atoms with Gasteiger partial charge in [0.05, 0.1) is 0 Å².